The molecule has 3 rings (SSSR count). The van der Waals surface area contributed by atoms with Crippen LogP contribution in [0.25, 0.3) is 11.7 Å². The first-order valence-electron chi connectivity index (χ1n) is 6.24. The third-order valence-corrected chi connectivity index (χ3v) is 3.26. The van der Waals surface area contributed by atoms with Gasteiger partial charge in [0.25, 0.3) is 5.89 Å². The van der Waals surface area contributed by atoms with Gasteiger partial charge in [0.15, 0.2) is 6.39 Å². The lowest BCUT2D eigenvalue weighted by Gasteiger charge is -2.06. The highest BCUT2D eigenvalue weighted by atomic mass is 16.4. The van der Waals surface area contributed by atoms with Crippen molar-refractivity contribution in [1.29, 1.82) is 0 Å². The zero-order valence-electron chi connectivity index (χ0n) is 10.5. The molecule has 1 N–H and O–H groups in total. The summed E-state index contributed by atoms with van der Waals surface area (Å²) in [7, 11) is 0. The Kier molecular flexibility index (Phi) is 3.02. The van der Waals surface area contributed by atoms with Crippen LogP contribution in [0, 0.1) is 6.92 Å². The van der Waals surface area contributed by atoms with Gasteiger partial charge in [-0.2, -0.15) is 0 Å². The van der Waals surface area contributed by atoms with Crippen molar-refractivity contribution in [2.75, 3.05) is 6.54 Å². The van der Waals surface area contributed by atoms with Crippen LogP contribution in [0.2, 0.25) is 0 Å². The van der Waals surface area contributed by atoms with Crippen molar-refractivity contribution in [3.8, 4) is 11.7 Å². The molecule has 1 amide bonds. The van der Waals surface area contributed by atoms with Crippen LogP contribution in [0.3, 0.4) is 0 Å². The van der Waals surface area contributed by atoms with E-state index in [0.717, 1.165) is 12.8 Å². The van der Waals surface area contributed by atoms with Crippen molar-refractivity contribution < 1.29 is 13.6 Å². The second-order valence-electron chi connectivity index (χ2n) is 4.59. The van der Waals surface area contributed by atoms with Gasteiger partial charge in [-0.3, -0.25) is 4.79 Å². The number of carbonyl (C=O) groups is 1. The van der Waals surface area contributed by atoms with E-state index in [-0.39, 0.29) is 11.8 Å². The molecule has 0 bridgehead atoms. The summed E-state index contributed by atoms with van der Waals surface area (Å²) in [5, 5.41) is 10.9. The number of aryl methyl sites for hydroxylation is 1. The smallest absolute Gasteiger partial charge is 0.285 e. The molecule has 2 aromatic rings. The van der Waals surface area contributed by atoms with Crippen LogP contribution in [0.15, 0.2) is 15.2 Å². The Labute approximate surface area is 109 Å². The van der Waals surface area contributed by atoms with Gasteiger partial charge in [0.05, 0.1) is 5.69 Å². The van der Waals surface area contributed by atoms with Gasteiger partial charge in [0.1, 0.15) is 0 Å². The van der Waals surface area contributed by atoms with Gasteiger partial charge in [0, 0.05) is 18.9 Å². The zero-order chi connectivity index (χ0) is 13.2. The predicted octanol–water partition coefficient (Wildman–Crippen LogP) is 1.42. The predicted molar refractivity (Wildman–Crippen MR) is 64.1 cm³/mol. The van der Waals surface area contributed by atoms with Crippen molar-refractivity contribution in [1.82, 2.24) is 20.5 Å². The summed E-state index contributed by atoms with van der Waals surface area (Å²) < 4.78 is 10.9. The van der Waals surface area contributed by atoms with E-state index in [1.165, 1.54) is 6.39 Å². The van der Waals surface area contributed by atoms with Crippen molar-refractivity contribution in [3.05, 3.63) is 18.0 Å². The summed E-state index contributed by atoms with van der Waals surface area (Å²) in [4.78, 5) is 15.3. The zero-order valence-corrected chi connectivity index (χ0v) is 10.5. The third kappa shape index (κ3) is 2.35. The van der Waals surface area contributed by atoms with Gasteiger partial charge < -0.3 is 14.2 Å². The average Bonchev–Trinajstić information content (AvgIpc) is 2.97. The lowest BCUT2D eigenvalue weighted by atomic mass is 10.0. The maximum atomic E-state index is 11.3. The highest BCUT2D eigenvalue weighted by molar-refractivity contribution is 5.76. The fourth-order valence-electron chi connectivity index (χ4n) is 2.17. The normalized spacial score (nSPS) is 20.1. The van der Waals surface area contributed by atoms with Crippen molar-refractivity contribution >= 4 is 5.91 Å². The molecule has 1 aliphatic heterocycles. The molecular formula is C12H14N4O3. The van der Waals surface area contributed by atoms with Gasteiger partial charge in [0.2, 0.25) is 17.6 Å². The summed E-state index contributed by atoms with van der Waals surface area (Å²) in [6.07, 6.45) is 3.37. The Hall–Kier alpha value is -2.18. The van der Waals surface area contributed by atoms with E-state index >= 15 is 0 Å². The Morgan fingerprint density at radius 3 is 3.05 bits per heavy atom. The number of oxazole rings is 1. The summed E-state index contributed by atoms with van der Waals surface area (Å²) in [5.74, 6) is 1.59. The highest BCUT2D eigenvalue weighted by Crippen LogP contribution is 2.28. The maximum Gasteiger partial charge on any atom is 0.285 e. The second-order valence-corrected chi connectivity index (χ2v) is 4.59. The van der Waals surface area contributed by atoms with Gasteiger partial charge in [-0.25, -0.2) is 4.98 Å². The first kappa shape index (κ1) is 11.9. The monoisotopic (exact) mass is 262 g/mol. The van der Waals surface area contributed by atoms with Crippen LogP contribution in [0.5, 0.6) is 0 Å². The summed E-state index contributed by atoms with van der Waals surface area (Å²) in [6.45, 7) is 2.46. The topological polar surface area (TPSA) is 94.0 Å². The van der Waals surface area contributed by atoms with Crippen LogP contribution in [0.4, 0.5) is 0 Å². The number of nitrogens with one attached hydrogen (secondary N) is 1. The SMILES string of the molecule is Cc1ncoc1-c1nnc(C2CCNC(=O)CC2)o1. The van der Waals surface area contributed by atoms with E-state index < -0.39 is 0 Å². The number of nitrogens with zero attached hydrogens (tertiary/aromatic N) is 3. The number of hydrogen-bond acceptors (Lipinski definition) is 6. The lowest BCUT2D eigenvalue weighted by molar-refractivity contribution is -0.120. The molecule has 1 aliphatic rings. The van der Waals surface area contributed by atoms with Gasteiger partial charge in [-0.05, 0) is 19.8 Å². The molecule has 2 aromatic heterocycles. The fraction of sp³-hybridized carbons (Fsp3) is 0.500. The molecule has 0 radical (unpaired) electrons. The molecule has 100 valence electrons. The molecule has 0 aliphatic carbocycles. The van der Waals surface area contributed by atoms with Crippen LogP contribution >= 0.6 is 0 Å². The molecule has 0 saturated carbocycles. The molecule has 3 heterocycles. The van der Waals surface area contributed by atoms with E-state index in [0.29, 0.717) is 36.2 Å². The van der Waals surface area contributed by atoms with E-state index in [9.17, 15) is 4.79 Å². The molecule has 1 fully saturated rings. The standard InChI is InChI=1S/C12H14N4O3/c1-7-10(18-6-14-7)12-16-15-11(19-12)8-2-3-9(17)13-5-4-8/h6,8H,2-5H2,1H3,(H,13,17). The number of rotatable bonds is 2. The summed E-state index contributed by atoms with van der Waals surface area (Å²) in [5.41, 5.74) is 0.716. The molecule has 1 unspecified atom stereocenters. The Bertz CT molecular complexity index is 589. The second kappa shape index (κ2) is 4.83. The average molecular weight is 262 g/mol. The number of hydrogen-bond donors (Lipinski definition) is 1. The summed E-state index contributed by atoms with van der Waals surface area (Å²) in [6, 6.07) is 0. The van der Waals surface area contributed by atoms with Crippen LogP contribution in [-0.4, -0.2) is 27.6 Å². The largest absolute Gasteiger partial charge is 0.438 e. The Morgan fingerprint density at radius 2 is 2.26 bits per heavy atom. The molecule has 7 nitrogen and oxygen atoms in total. The van der Waals surface area contributed by atoms with Gasteiger partial charge >= 0.3 is 0 Å². The van der Waals surface area contributed by atoms with Crippen molar-refractivity contribution in [2.45, 2.75) is 32.1 Å². The molecule has 1 saturated heterocycles. The molecule has 0 aromatic carbocycles. The molecule has 7 heteroatoms. The highest BCUT2D eigenvalue weighted by Gasteiger charge is 2.24. The molecule has 19 heavy (non-hydrogen) atoms. The minimum Gasteiger partial charge on any atom is -0.438 e. The minimum atomic E-state index is 0.0771. The quantitative estimate of drug-likeness (QED) is 0.879. The van der Waals surface area contributed by atoms with E-state index in [1.807, 2.05) is 6.92 Å². The molecule has 1 atom stereocenters. The Morgan fingerprint density at radius 1 is 1.37 bits per heavy atom. The van der Waals surface area contributed by atoms with Crippen LogP contribution in [0.1, 0.15) is 36.8 Å². The van der Waals surface area contributed by atoms with Gasteiger partial charge in [-0.1, -0.05) is 0 Å². The van der Waals surface area contributed by atoms with E-state index in [2.05, 4.69) is 20.5 Å². The number of amides is 1. The van der Waals surface area contributed by atoms with E-state index in [1.54, 1.807) is 0 Å². The Balaban J connectivity index is 1.81. The van der Waals surface area contributed by atoms with E-state index in [4.69, 9.17) is 8.83 Å². The van der Waals surface area contributed by atoms with Gasteiger partial charge in [-0.15, -0.1) is 10.2 Å². The van der Waals surface area contributed by atoms with Crippen LogP contribution in [-0.2, 0) is 4.79 Å². The van der Waals surface area contributed by atoms with Crippen molar-refractivity contribution in [3.63, 3.8) is 0 Å². The first-order valence-corrected chi connectivity index (χ1v) is 6.24. The molecule has 0 spiro atoms. The number of carbonyl (C=O) groups excluding carboxylic acids is 1. The first-order chi connectivity index (χ1) is 9.24. The number of aromatic nitrogens is 3. The lowest BCUT2D eigenvalue weighted by Crippen LogP contribution is -2.21. The van der Waals surface area contributed by atoms with Crippen LogP contribution < -0.4 is 5.32 Å². The molecular weight excluding hydrogens is 248 g/mol. The maximum absolute atomic E-state index is 11.3. The third-order valence-electron chi connectivity index (χ3n) is 3.26. The van der Waals surface area contributed by atoms with Crippen molar-refractivity contribution in [2.24, 2.45) is 0 Å². The minimum absolute atomic E-state index is 0.0771. The fourth-order valence-corrected chi connectivity index (χ4v) is 2.17. The summed E-state index contributed by atoms with van der Waals surface area (Å²) >= 11 is 0.